The first-order valence-electron chi connectivity index (χ1n) is 9.37. The lowest BCUT2D eigenvalue weighted by Crippen LogP contribution is -2.41. The Morgan fingerprint density at radius 1 is 1.04 bits per heavy atom. The van der Waals surface area contributed by atoms with Gasteiger partial charge in [-0.05, 0) is 55.5 Å². The molecule has 1 aliphatic heterocycles. The van der Waals surface area contributed by atoms with Crippen molar-refractivity contribution in [3.05, 3.63) is 65.7 Å². The molecule has 0 aliphatic carbocycles. The maximum absolute atomic E-state index is 13.6. The minimum absolute atomic E-state index is 0.0475. The quantitative estimate of drug-likeness (QED) is 0.814. The molecule has 3 rings (SSSR count). The number of anilines is 1. The van der Waals surface area contributed by atoms with Gasteiger partial charge in [0.2, 0.25) is 0 Å². The van der Waals surface area contributed by atoms with Gasteiger partial charge in [0.15, 0.2) is 0 Å². The number of hydrogen-bond donors (Lipinski definition) is 2. The van der Waals surface area contributed by atoms with Gasteiger partial charge in [0.1, 0.15) is 11.6 Å². The maximum Gasteiger partial charge on any atom is 0.321 e. The van der Waals surface area contributed by atoms with Gasteiger partial charge in [0.25, 0.3) is 5.91 Å². The number of carbonyl (C=O) groups is 2. The Morgan fingerprint density at radius 2 is 1.79 bits per heavy atom. The maximum atomic E-state index is 13.6. The van der Waals surface area contributed by atoms with Crippen LogP contribution >= 0.6 is 0 Å². The first-order valence-corrected chi connectivity index (χ1v) is 9.37. The topological polar surface area (TPSA) is 61.4 Å². The van der Waals surface area contributed by atoms with Gasteiger partial charge in [0.05, 0.1) is 5.56 Å². The first kappa shape index (κ1) is 19.8. The van der Waals surface area contributed by atoms with Crippen LogP contribution in [0.5, 0.6) is 0 Å². The number of amides is 3. The molecule has 0 radical (unpaired) electrons. The lowest BCUT2D eigenvalue weighted by molar-refractivity contribution is 0.0945. The van der Waals surface area contributed by atoms with Crippen molar-refractivity contribution in [2.75, 3.05) is 25.0 Å². The number of benzene rings is 2. The zero-order valence-corrected chi connectivity index (χ0v) is 15.5. The summed E-state index contributed by atoms with van der Waals surface area (Å²) in [4.78, 5) is 26.0. The molecule has 0 spiro atoms. The lowest BCUT2D eigenvalue weighted by Gasteiger charge is -2.32. The zero-order chi connectivity index (χ0) is 19.9. The van der Waals surface area contributed by atoms with Crippen molar-refractivity contribution in [3.63, 3.8) is 0 Å². The smallest absolute Gasteiger partial charge is 0.321 e. The SMILES string of the molecule is O=C(NCCC1CCN(C(=O)Nc2cccc(F)c2)CC1)c1ccccc1F. The highest BCUT2D eigenvalue weighted by Crippen LogP contribution is 2.21. The number of rotatable bonds is 5. The van der Waals surface area contributed by atoms with E-state index in [4.69, 9.17) is 0 Å². The van der Waals surface area contributed by atoms with Crippen molar-refractivity contribution in [2.24, 2.45) is 5.92 Å². The van der Waals surface area contributed by atoms with E-state index in [9.17, 15) is 18.4 Å². The third-order valence-corrected chi connectivity index (χ3v) is 4.93. The van der Waals surface area contributed by atoms with Crippen LogP contribution in [0.1, 0.15) is 29.6 Å². The predicted octanol–water partition coefficient (Wildman–Crippen LogP) is 4.03. The number of nitrogens with one attached hydrogen (secondary N) is 2. The van der Waals surface area contributed by atoms with Gasteiger partial charge in [-0.2, -0.15) is 0 Å². The molecule has 2 aromatic carbocycles. The fraction of sp³-hybridized carbons (Fsp3) is 0.333. The molecule has 7 heteroatoms. The minimum Gasteiger partial charge on any atom is -0.352 e. The van der Waals surface area contributed by atoms with E-state index in [-0.39, 0.29) is 11.6 Å². The molecule has 0 bridgehead atoms. The van der Waals surface area contributed by atoms with Gasteiger partial charge in [-0.1, -0.05) is 18.2 Å². The molecule has 2 N–H and O–H groups in total. The third kappa shape index (κ3) is 5.28. The van der Waals surface area contributed by atoms with E-state index in [2.05, 4.69) is 10.6 Å². The summed E-state index contributed by atoms with van der Waals surface area (Å²) < 4.78 is 26.8. The minimum atomic E-state index is -0.530. The van der Waals surface area contributed by atoms with E-state index in [1.54, 1.807) is 29.2 Å². The van der Waals surface area contributed by atoms with Crippen molar-refractivity contribution in [3.8, 4) is 0 Å². The fourth-order valence-corrected chi connectivity index (χ4v) is 3.32. The number of urea groups is 1. The van der Waals surface area contributed by atoms with Crippen LogP contribution in [-0.4, -0.2) is 36.5 Å². The van der Waals surface area contributed by atoms with Gasteiger partial charge >= 0.3 is 6.03 Å². The largest absolute Gasteiger partial charge is 0.352 e. The van der Waals surface area contributed by atoms with E-state index >= 15 is 0 Å². The Balaban J connectivity index is 1.39. The van der Waals surface area contributed by atoms with Crippen LogP contribution in [0.4, 0.5) is 19.3 Å². The highest BCUT2D eigenvalue weighted by Gasteiger charge is 2.23. The van der Waals surface area contributed by atoms with Crippen molar-refractivity contribution < 1.29 is 18.4 Å². The molecular weight excluding hydrogens is 364 g/mol. The van der Waals surface area contributed by atoms with Crippen LogP contribution in [-0.2, 0) is 0 Å². The summed E-state index contributed by atoms with van der Waals surface area (Å²) >= 11 is 0. The van der Waals surface area contributed by atoms with Crippen molar-refractivity contribution in [1.82, 2.24) is 10.2 Å². The number of halogens is 2. The Hall–Kier alpha value is -2.96. The van der Waals surface area contributed by atoms with Crippen LogP contribution in [0.2, 0.25) is 0 Å². The van der Waals surface area contributed by atoms with Crippen LogP contribution in [0.25, 0.3) is 0 Å². The Kier molecular flexibility index (Phi) is 6.57. The van der Waals surface area contributed by atoms with E-state index in [1.165, 1.54) is 24.3 Å². The van der Waals surface area contributed by atoms with E-state index in [0.717, 1.165) is 19.3 Å². The van der Waals surface area contributed by atoms with Gasteiger partial charge in [-0.25, -0.2) is 13.6 Å². The predicted molar refractivity (Wildman–Crippen MR) is 103 cm³/mol. The Morgan fingerprint density at radius 3 is 2.50 bits per heavy atom. The molecule has 0 saturated carbocycles. The van der Waals surface area contributed by atoms with Crippen molar-refractivity contribution >= 4 is 17.6 Å². The molecule has 5 nitrogen and oxygen atoms in total. The summed E-state index contributed by atoms with van der Waals surface area (Å²) in [5.41, 5.74) is 0.481. The normalized spacial score (nSPS) is 14.6. The molecule has 0 atom stereocenters. The van der Waals surface area contributed by atoms with Crippen molar-refractivity contribution in [1.29, 1.82) is 0 Å². The highest BCUT2D eigenvalue weighted by atomic mass is 19.1. The van der Waals surface area contributed by atoms with E-state index < -0.39 is 17.5 Å². The average molecular weight is 387 g/mol. The molecule has 148 valence electrons. The summed E-state index contributed by atoms with van der Waals surface area (Å²) in [6.45, 7) is 1.67. The second-order valence-electron chi connectivity index (χ2n) is 6.90. The van der Waals surface area contributed by atoms with Gasteiger partial charge in [-0.15, -0.1) is 0 Å². The molecule has 1 heterocycles. The van der Waals surface area contributed by atoms with Gasteiger partial charge < -0.3 is 15.5 Å². The number of hydrogen-bond acceptors (Lipinski definition) is 2. The van der Waals surface area contributed by atoms with Crippen LogP contribution < -0.4 is 10.6 Å². The molecular formula is C21H23F2N3O2. The lowest BCUT2D eigenvalue weighted by atomic mass is 9.93. The number of likely N-dealkylation sites (tertiary alicyclic amines) is 1. The first-order chi connectivity index (χ1) is 13.5. The van der Waals surface area contributed by atoms with E-state index in [1.807, 2.05) is 0 Å². The van der Waals surface area contributed by atoms with E-state index in [0.29, 0.717) is 31.2 Å². The van der Waals surface area contributed by atoms with Crippen molar-refractivity contribution in [2.45, 2.75) is 19.3 Å². The summed E-state index contributed by atoms with van der Waals surface area (Å²) in [5.74, 6) is -0.948. The molecule has 1 aliphatic rings. The van der Waals surface area contributed by atoms with Crippen LogP contribution in [0, 0.1) is 17.6 Å². The van der Waals surface area contributed by atoms with Crippen LogP contribution in [0.3, 0.4) is 0 Å². The molecule has 2 aromatic rings. The number of piperidine rings is 1. The molecule has 1 saturated heterocycles. The van der Waals surface area contributed by atoms with Crippen LogP contribution in [0.15, 0.2) is 48.5 Å². The van der Waals surface area contributed by atoms with Gasteiger partial charge in [-0.3, -0.25) is 4.79 Å². The zero-order valence-electron chi connectivity index (χ0n) is 15.5. The fourth-order valence-electron chi connectivity index (χ4n) is 3.32. The monoisotopic (exact) mass is 387 g/mol. The standard InChI is InChI=1S/C21H23F2N3O2/c22-16-4-3-5-17(14-16)25-21(28)26-12-9-15(10-13-26)8-11-24-20(27)18-6-1-2-7-19(18)23/h1-7,14-15H,8-13H2,(H,24,27)(H,25,28). The Bertz CT molecular complexity index is 836. The summed E-state index contributed by atoms with van der Waals surface area (Å²) in [6.07, 6.45) is 2.43. The Labute approximate surface area is 162 Å². The summed E-state index contributed by atoms with van der Waals surface area (Å²) in [5, 5.41) is 5.45. The second kappa shape index (κ2) is 9.30. The molecule has 0 aromatic heterocycles. The third-order valence-electron chi connectivity index (χ3n) is 4.93. The highest BCUT2D eigenvalue weighted by molar-refractivity contribution is 5.94. The number of carbonyl (C=O) groups excluding carboxylic acids is 2. The molecule has 28 heavy (non-hydrogen) atoms. The molecule has 0 unspecified atom stereocenters. The average Bonchev–Trinajstić information content (AvgIpc) is 2.69. The second-order valence-corrected chi connectivity index (χ2v) is 6.90. The molecule has 1 fully saturated rings. The summed E-state index contributed by atoms with van der Waals surface area (Å²) in [6, 6.07) is 11.5. The van der Waals surface area contributed by atoms with Gasteiger partial charge in [0, 0.05) is 25.3 Å². The number of nitrogens with zero attached hydrogens (tertiary/aromatic N) is 1. The molecule has 3 amide bonds. The summed E-state index contributed by atoms with van der Waals surface area (Å²) in [7, 11) is 0.